The molecule has 1 N–H and O–H groups in total. The molecule has 0 aromatic heterocycles. The van der Waals surface area contributed by atoms with E-state index in [1.165, 1.54) is 19.3 Å². The van der Waals surface area contributed by atoms with Gasteiger partial charge in [0.15, 0.2) is 0 Å². The molecule has 1 nitrogen and oxygen atoms in total. The first-order valence-corrected chi connectivity index (χ1v) is 6.97. The predicted octanol–water partition coefficient (Wildman–Crippen LogP) is 4.79. The minimum absolute atomic E-state index is 0.331. The van der Waals surface area contributed by atoms with Crippen molar-refractivity contribution in [1.82, 2.24) is 0 Å². The van der Waals surface area contributed by atoms with E-state index in [-0.39, 0.29) is 0 Å². The second-order valence-corrected chi connectivity index (χ2v) is 4.25. The van der Waals surface area contributed by atoms with Crippen molar-refractivity contribution in [1.29, 1.82) is 0 Å². The molecule has 0 saturated carbocycles. The van der Waals surface area contributed by atoms with Crippen LogP contribution in [0.15, 0.2) is 36.5 Å². The van der Waals surface area contributed by atoms with Crippen molar-refractivity contribution in [3.63, 3.8) is 0 Å². The molecule has 0 aromatic carbocycles. The molecule has 0 unspecified atom stereocenters. The Morgan fingerprint density at radius 2 is 1.29 bits per heavy atom. The third kappa shape index (κ3) is 15.2. The molecule has 0 fully saturated rings. The Morgan fingerprint density at radius 1 is 0.706 bits per heavy atom. The van der Waals surface area contributed by atoms with Gasteiger partial charge in [0.05, 0.1) is 0 Å². The first-order chi connectivity index (χ1) is 8.41. The standard InChI is InChI=1S/C16H28O/c1-2-3-4-5-6-7-8-9-10-11-12-13-14-15-16-17/h4-5,7-8,10-11,17H,2-3,6,9,12-16H2,1H3. The van der Waals surface area contributed by atoms with Crippen molar-refractivity contribution in [3.05, 3.63) is 36.5 Å². The summed E-state index contributed by atoms with van der Waals surface area (Å²) in [5, 5.41) is 8.61. The zero-order valence-corrected chi connectivity index (χ0v) is 11.3. The molecule has 17 heavy (non-hydrogen) atoms. The number of allylic oxidation sites excluding steroid dienone is 6. The largest absolute Gasteiger partial charge is 0.396 e. The molecule has 98 valence electrons. The maximum absolute atomic E-state index is 8.61. The lowest BCUT2D eigenvalue weighted by Gasteiger charge is -1.93. The van der Waals surface area contributed by atoms with E-state index in [0.29, 0.717) is 6.61 Å². The maximum Gasteiger partial charge on any atom is 0.0431 e. The quantitative estimate of drug-likeness (QED) is 0.404. The fourth-order valence-corrected chi connectivity index (χ4v) is 1.50. The highest BCUT2D eigenvalue weighted by Gasteiger charge is 1.84. The first-order valence-electron chi connectivity index (χ1n) is 6.97. The fraction of sp³-hybridized carbons (Fsp3) is 0.625. The molecule has 0 saturated heterocycles. The molecule has 0 aliphatic carbocycles. The van der Waals surface area contributed by atoms with E-state index < -0.39 is 0 Å². The Balaban J connectivity index is 3.25. The lowest BCUT2D eigenvalue weighted by molar-refractivity contribution is 0.283. The molecule has 0 spiro atoms. The van der Waals surface area contributed by atoms with E-state index in [0.717, 1.165) is 32.1 Å². The summed E-state index contributed by atoms with van der Waals surface area (Å²) >= 11 is 0. The van der Waals surface area contributed by atoms with Crippen LogP contribution in [0.25, 0.3) is 0 Å². The van der Waals surface area contributed by atoms with Gasteiger partial charge in [0.1, 0.15) is 0 Å². The number of hydrogen-bond donors (Lipinski definition) is 1. The van der Waals surface area contributed by atoms with E-state index in [4.69, 9.17) is 5.11 Å². The van der Waals surface area contributed by atoms with Crippen molar-refractivity contribution in [3.8, 4) is 0 Å². The predicted molar refractivity (Wildman–Crippen MR) is 77.1 cm³/mol. The van der Waals surface area contributed by atoms with Gasteiger partial charge in [0.2, 0.25) is 0 Å². The molecule has 0 heterocycles. The van der Waals surface area contributed by atoms with Crippen molar-refractivity contribution >= 4 is 0 Å². The van der Waals surface area contributed by atoms with Crippen molar-refractivity contribution in [2.45, 2.75) is 58.3 Å². The average Bonchev–Trinajstić information content (AvgIpc) is 2.35. The van der Waals surface area contributed by atoms with Gasteiger partial charge in [-0.05, 0) is 38.5 Å². The molecule has 1 heteroatoms. The fourth-order valence-electron chi connectivity index (χ4n) is 1.50. The Hall–Kier alpha value is -0.820. The van der Waals surface area contributed by atoms with Crippen LogP contribution in [0, 0.1) is 0 Å². The molecule has 0 bridgehead atoms. The summed E-state index contributed by atoms with van der Waals surface area (Å²) in [7, 11) is 0. The van der Waals surface area contributed by atoms with Crippen LogP contribution in [0.4, 0.5) is 0 Å². The smallest absolute Gasteiger partial charge is 0.0431 e. The monoisotopic (exact) mass is 236 g/mol. The van der Waals surface area contributed by atoms with Crippen LogP contribution >= 0.6 is 0 Å². The Labute approximate surface area is 107 Å². The van der Waals surface area contributed by atoms with Gasteiger partial charge in [-0.15, -0.1) is 0 Å². The van der Waals surface area contributed by atoms with Gasteiger partial charge in [-0.1, -0.05) is 56.2 Å². The minimum atomic E-state index is 0.331. The maximum atomic E-state index is 8.61. The summed E-state index contributed by atoms with van der Waals surface area (Å²) in [4.78, 5) is 0. The Bertz CT molecular complexity index is 214. The van der Waals surface area contributed by atoms with Gasteiger partial charge in [0, 0.05) is 6.61 Å². The number of hydrogen-bond acceptors (Lipinski definition) is 1. The lowest BCUT2D eigenvalue weighted by atomic mass is 10.2. The highest BCUT2D eigenvalue weighted by molar-refractivity contribution is 4.97. The van der Waals surface area contributed by atoms with Gasteiger partial charge >= 0.3 is 0 Å². The number of aliphatic hydroxyl groups excluding tert-OH is 1. The zero-order chi connectivity index (χ0) is 12.6. The third-order valence-corrected chi connectivity index (χ3v) is 2.53. The molecule has 0 amide bonds. The highest BCUT2D eigenvalue weighted by atomic mass is 16.2. The SMILES string of the molecule is CCCC=CCC=CCC=CCCCCCO. The second kappa shape index (κ2) is 15.2. The topological polar surface area (TPSA) is 20.2 Å². The number of aliphatic hydroxyl groups is 1. The molecule has 0 aliphatic rings. The Morgan fingerprint density at radius 3 is 1.88 bits per heavy atom. The van der Waals surface area contributed by atoms with Crippen LogP contribution in [0.1, 0.15) is 58.3 Å². The van der Waals surface area contributed by atoms with Crippen molar-refractivity contribution in [2.75, 3.05) is 6.61 Å². The summed E-state index contributed by atoms with van der Waals surface area (Å²) < 4.78 is 0. The molecular weight excluding hydrogens is 208 g/mol. The summed E-state index contributed by atoms with van der Waals surface area (Å²) in [6.45, 7) is 2.53. The molecule has 0 rings (SSSR count). The van der Waals surface area contributed by atoms with E-state index in [9.17, 15) is 0 Å². The number of rotatable bonds is 11. The van der Waals surface area contributed by atoms with Crippen LogP contribution in [0.2, 0.25) is 0 Å². The molecule has 0 radical (unpaired) electrons. The summed E-state index contributed by atoms with van der Waals surface area (Å²) in [5.74, 6) is 0. The lowest BCUT2D eigenvalue weighted by Crippen LogP contribution is -1.81. The van der Waals surface area contributed by atoms with Crippen LogP contribution in [0.5, 0.6) is 0 Å². The molecule has 0 aliphatic heterocycles. The summed E-state index contributed by atoms with van der Waals surface area (Å²) in [6.07, 6.45) is 22.4. The zero-order valence-electron chi connectivity index (χ0n) is 11.3. The third-order valence-electron chi connectivity index (χ3n) is 2.53. The van der Waals surface area contributed by atoms with Crippen LogP contribution < -0.4 is 0 Å². The highest BCUT2D eigenvalue weighted by Crippen LogP contribution is 2.01. The van der Waals surface area contributed by atoms with Crippen LogP contribution in [0.3, 0.4) is 0 Å². The number of unbranched alkanes of at least 4 members (excludes halogenated alkanes) is 4. The minimum Gasteiger partial charge on any atom is -0.396 e. The van der Waals surface area contributed by atoms with Gasteiger partial charge in [0.25, 0.3) is 0 Å². The summed E-state index contributed by atoms with van der Waals surface area (Å²) in [5.41, 5.74) is 0. The van der Waals surface area contributed by atoms with Crippen molar-refractivity contribution in [2.24, 2.45) is 0 Å². The second-order valence-electron chi connectivity index (χ2n) is 4.25. The van der Waals surface area contributed by atoms with E-state index >= 15 is 0 Å². The average molecular weight is 236 g/mol. The van der Waals surface area contributed by atoms with Crippen LogP contribution in [-0.2, 0) is 0 Å². The van der Waals surface area contributed by atoms with Crippen LogP contribution in [-0.4, -0.2) is 11.7 Å². The van der Waals surface area contributed by atoms with E-state index in [2.05, 4.69) is 43.4 Å². The Kier molecular flexibility index (Phi) is 14.4. The molecular formula is C16H28O. The first kappa shape index (κ1) is 16.2. The van der Waals surface area contributed by atoms with Gasteiger partial charge in [-0.2, -0.15) is 0 Å². The van der Waals surface area contributed by atoms with Gasteiger partial charge < -0.3 is 5.11 Å². The van der Waals surface area contributed by atoms with Crippen molar-refractivity contribution < 1.29 is 5.11 Å². The van der Waals surface area contributed by atoms with Gasteiger partial charge in [-0.25, -0.2) is 0 Å². The van der Waals surface area contributed by atoms with Gasteiger partial charge in [-0.3, -0.25) is 0 Å². The normalized spacial score (nSPS) is 12.4. The van der Waals surface area contributed by atoms with E-state index in [1.54, 1.807) is 0 Å². The van der Waals surface area contributed by atoms with E-state index in [1.807, 2.05) is 0 Å². The molecule has 0 aromatic rings. The molecule has 0 atom stereocenters. The summed E-state index contributed by atoms with van der Waals surface area (Å²) in [6, 6.07) is 0.